The maximum absolute atomic E-state index is 13.7. The maximum atomic E-state index is 13.7. The number of rotatable bonds is 6. The van der Waals surface area contributed by atoms with Crippen LogP contribution in [0.2, 0.25) is 5.02 Å². The molecular weight excluding hydrogens is 615 g/mol. The second-order valence-corrected chi connectivity index (χ2v) is 12.7. The first-order chi connectivity index (χ1) is 21.2. The van der Waals surface area contributed by atoms with Crippen molar-refractivity contribution in [3.8, 4) is 11.3 Å². The summed E-state index contributed by atoms with van der Waals surface area (Å²) in [6.07, 6.45) is 0.846. The van der Waals surface area contributed by atoms with Crippen LogP contribution in [-0.4, -0.2) is 84.7 Å². The molecule has 6 rings (SSSR count). The summed E-state index contributed by atoms with van der Waals surface area (Å²) in [5.74, 6) is -1.10. The van der Waals surface area contributed by atoms with E-state index < -0.39 is 17.8 Å². The van der Waals surface area contributed by atoms with Crippen LogP contribution in [0.25, 0.3) is 11.3 Å². The number of nitrogens with zero attached hydrogens (tertiary/aromatic N) is 6. The highest BCUT2D eigenvalue weighted by Crippen LogP contribution is 2.41. The van der Waals surface area contributed by atoms with Crippen molar-refractivity contribution in [3.63, 3.8) is 0 Å². The fraction of sp³-hybridized carbons (Fsp3) is 0.483. The number of piperazine rings is 1. The fourth-order valence-corrected chi connectivity index (χ4v) is 6.12. The zero-order valence-corrected chi connectivity index (χ0v) is 25.5. The first-order valence-electron chi connectivity index (χ1n) is 14.6. The Morgan fingerprint density at radius 2 is 1.76 bits per heavy atom. The van der Waals surface area contributed by atoms with Crippen LogP contribution in [0.3, 0.4) is 0 Å². The predicted octanol–water partition coefficient (Wildman–Crippen LogP) is 3.89. The van der Waals surface area contributed by atoms with Crippen LogP contribution in [-0.2, 0) is 13.2 Å². The number of carbonyl (C=O) groups excluding carboxylic acids is 3. The zero-order valence-electron chi connectivity index (χ0n) is 24.7. The summed E-state index contributed by atoms with van der Waals surface area (Å²) >= 11 is 6.44. The van der Waals surface area contributed by atoms with Gasteiger partial charge in [0.25, 0.3) is 11.8 Å². The molecule has 2 aromatic heterocycles. The number of hydrogen-bond acceptors (Lipinski definition) is 6. The Hall–Kier alpha value is -4.11. The van der Waals surface area contributed by atoms with Crippen LogP contribution >= 0.6 is 11.6 Å². The summed E-state index contributed by atoms with van der Waals surface area (Å²) in [5, 5.41) is 9.49. The number of nitrogens with two attached hydrogens (primary N) is 1. The topological polar surface area (TPSA) is 143 Å². The summed E-state index contributed by atoms with van der Waals surface area (Å²) in [6.45, 7) is 3.35. The summed E-state index contributed by atoms with van der Waals surface area (Å²) in [6, 6.07) is 4.25. The average Bonchev–Trinajstić information content (AvgIpc) is 3.59. The minimum Gasteiger partial charge on any atom is -0.335 e. The summed E-state index contributed by atoms with van der Waals surface area (Å²) in [7, 11) is 1.45. The van der Waals surface area contributed by atoms with E-state index in [4.69, 9.17) is 17.3 Å². The highest BCUT2D eigenvalue weighted by Gasteiger charge is 2.41. The third-order valence-corrected chi connectivity index (χ3v) is 8.77. The van der Waals surface area contributed by atoms with Gasteiger partial charge >= 0.3 is 12.2 Å². The lowest BCUT2D eigenvalue weighted by molar-refractivity contribution is -0.141. The minimum absolute atomic E-state index is 0.0590. The van der Waals surface area contributed by atoms with Gasteiger partial charge in [0.05, 0.1) is 34.1 Å². The SMILES string of the molecule is Cn1c(-c2cn(C3CC3)nc2C(F)(F)F)cnc1C(=O)Nc1ccc(C(=O)N2CCN(C(=O)N[C@H]3C[C@@](C)(N)C3)CC2)c(Cl)c1. The van der Waals surface area contributed by atoms with Crippen molar-refractivity contribution in [2.45, 2.75) is 56.4 Å². The molecule has 3 aromatic rings. The molecule has 3 fully saturated rings. The lowest BCUT2D eigenvalue weighted by atomic mass is 9.75. The van der Waals surface area contributed by atoms with Crippen molar-refractivity contribution in [1.82, 2.24) is 34.4 Å². The van der Waals surface area contributed by atoms with E-state index in [2.05, 4.69) is 20.7 Å². The van der Waals surface area contributed by atoms with Gasteiger partial charge in [-0.25, -0.2) is 9.78 Å². The van der Waals surface area contributed by atoms with E-state index in [0.29, 0.717) is 26.2 Å². The minimum atomic E-state index is -4.68. The third-order valence-electron chi connectivity index (χ3n) is 8.45. The summed E-state index contributed by atoms with van der Waals surface area (Å²) in [4.78, 5) is 46.2. The van der Waals surface area contributed by atoms with E-state index in [1.807, 2.05) is 6.92 Å². The van der Waals surface area contributed by atoms with E-state index in [1.165, 1.54) is 46.9 Å². The van der Waals surface area contributed by atoms with Crippen molar-refractivity contribution in [3.05, 3.63) is 52.7 Å². The third kappa shape index (κ3) is 6.36. The summed E-state index contributed by atoms with van der Waals surface area (Å²) in [5.41, 5.74) is 5.19. The number of urea groups is 1. The Bertz CT molecular complexity index is 1650. The highest BCUT2D eigenvalue weighted by molar-refractivity contribution is 6.34. The summed E-state index contributed by atoms with van der Waals surface area (Å²) < 4.78 is 43.8. The van der Waals surface area contributed by atoms with Gasteiger partial charge in [0.1, 0.15) is 0 Å². The van der Waals surface area contributed by atoms with Gasteiger partial charge in [-0.2, -0.15) is 18.3 Å². The van der Waals surface area contributed by atoms with E-state index in [9.17, 15) is 27.6 Å². The van der Waals surface area contributed by atoms with Crippen molar-refractivity contribution in [2.24, 2.45) is 12.8 Å². The van der Waals surface area contributed by atoms with Crippen LogP contribution < -0.4 is 16.4 Å². The molecule has 0 bridgehead atoms. The first kappa shape index (κ1) is 30.9. The lowest BCUT2D eigenvalue weighted by Gasteiger charge is -2.43. The Morgan fingerprint density at radius 3 is 2.36 bits per heavy atom. The van der Waals surface area contributed by atoms with Gasteiger partial charge in [-0.05, 0) is 50.8 Å². The average molecular weight is 648 g/mol. The second-order valence-electron chi connectivity index (χ2n) is 12.3. The predicted molar refractivity (Wildman–Crippen MR) is 159 cm³/mol. The van der Waals surface area contributed by atoms with Gasteiger partial charge < -0.3 is 30.7 Å². The Morgan fingerprint density at radius 1 is 1.09 bits per heavy atom. The van der Waals surface area contributed by atoms with Crippen LogP contribution in [0, 0.1) is 0 Å². The first-order valence-corrected chi connectivity index (χ1v) is 15.0. The van der Waals surface area contributed by atoms with Crippen LogP contribution in [0.1, 0.15) is 65.3 Å². The van der Waals surface area contributed by atoms with Crippen LogP contribution in [0.15, 0.2) is 30.6 Å². The quantitative estimate of drug-likeness (QED) is 0.371. The van der Waals surface area contributed by atoms with Crippen molar-refractivity contribution in [2.75, 3.05) is 31.5 Å². The molecule has 16 heteroatoms. The molecule has 4 amide bonds. The normalized spacial score (nSPS) is 21.8. The number of hydrogen-bond donors (Lipinski definition) is 3. The number of nitrogens with one attached hydrogen (secondary N) is 2. The second kappa shape index (κ2) is 11.4. The number of halogens is 4. The number of alkyl halides is 3. The van der Waals surface area contributed by atoms with Gasteiger partial charge in [0, 0.05) is 56.7 Å². The standard InChI is InChI=1S/C29H33ClF3N9O3/c1-28(34)12-17(13-28)37-27(45)41-9-7-40(8-10-41)26(44)19-6-3-16(11-21(19)30)36-25(43)24-35-14-22(39(24)2)20-15-42(18-4-5-18)38-23(20)29(31,32)33/h3,6,11,14-15,17-18H,4-5,7-10,12-13,34H2,1-2H3,(H,36,43)(H,37,45)/t17-,28+. The molecule has 0 spiro atoms. The monoisotopic (exact) mass is 647 g/mol. The molecule has 1 aromatic carbocycles. The molecular formula is C29H33ClF3N9O3. The zero-order chi connectivity index (χ0) is 32.3. The molecule has 45 heavy (non-hydrogen) atoms. The smallest absolute Gasteiger partial charge is 0.335 e. The number of benzene rings is 1. The molecule has 0 atom stereocenters. The molecule has 3 aliphatic rings. The number of anilines is 1. The molecule has 12 nitrogen and oxygen atoms in total. The van der Waals surface area contributed by atoms with Gasteiger partial charge in [0.15, 0.2) is 11.5 Å². The fourth-order valence-electron chi connectivity index (χ4n) is 5.86. The Kier molecular flexibility index (Phi) is 7.80. The molecule has 2 aliphatic carbocycles. The molecule has 0 unspecified atom stereocenters. The molecule has 0 radical (unpaired) electrons. The number of imidazole rings is 1. The lowest BCUT2D eigenvalue weighted by Crippen LogP contribution is -2.61. The molecule has 240 valence electrons. The van der Waals surface area contributed by atoms with Crippen molar-refractivity contribution in [1.29, 1.82) is 0 Å². The van der Waals surface area contributed by atoms with E-state index in [0.717, 1.165) is 25.7 Å². The van der Waals surface area contributed by atoms with Crippen molar-refractivity contribution >= 4 is 35.1 Å². The van der Waals surface area contributed by atoms with Gasteiger partial charge in [0.2, 0.25) is 0 Å². The van der Waals surface area contributed by atoms with Gasteiger partial charge in [-0.3, -0.25) is 14.3 Å². The molecule has 2 saturated carbocycles. The molecule has 1 aliphatic heterocycles. The Labute approximate surface area is 261 Å². The maximum Gasteiger partial charge on any atom is 0.435 e. The van der Waals surface area contributed by atoms with Gasteiger partial charge in [-0.1, -0.05) is 11.6 Å². The number of amides is 4. The number of carbonyl (C=O) groups is 3. The highest BCUT2D eigenvalue weighted by atomic mass is 35.5. The van der Waals surface area contributed by atoms with Crippen molar-refractivity contribution < 1.29 is 27.6 Å². The Balaban J connectivity index is 1.08. The van der Waals surface area contributed by atoms with E-state index in [-0.39, 0.29) is 62.9 Å². The molecule has 3 heterocycles. The van der Waals surface area contributed by atoms with E-state index in [1.54, 1.807) is 9.80 Å². The van der Waals surface area contributed by atoms with Gasteiger partial charge in [-0.15, -0.1) is 0 Å². The van der Waals surface area contributed by atoms with Crippen LogP contribution in [0.4, 0.5) is 23.7 Å². The van der Waals surface area contributed by atoms with E-state index >= 15 is 0 Å². The largest absolute Gasteiger partial charge is 0.435 e. The molecule has 1 saturated heterocycles. The molecule has 4 N–H and O–H groups in total. The number of aromatic nitrogens is 4. The van der Waals surface area contributed by atoms with Crippen LogP contribution in [0.5, 0.6) is 0 Å².